The van der Waals surface area contributed by atoms with Crippen molar-refractivity contribution in [1.29, 1.82) is 0 Å². The molecule has 6 heteroatoms. The fraction of sp³-hybridized carbons (Fsp3) is 0.571. The summed E-state index contributed by atoms with van der Waals surface area (Å²) in [4.78, 5) is 0.268. The van der Waals surface area contributed by atoms with Gasteiger partial charge in [0.15, 0.2) is 0 Å². The number of benzene rings is 1. The molecule has 0 radical (unpaired) electrons. The van der Waals surface area contributed by atoms with Gasteiger partial charge < -0.3 is 10.4 Å². The normalized spacial score (nSPS) is 15.0. The van der Waals surface area contributed by atoms with Crippen molar-refractivity contribution in [2.75, 3.05) is 13.7 Å². The van der Waals surface area contributed by atoms with Crippen LogP contribution >= 0.6 is 0 Å². The number of aliphatic hydroxyl groups is 1. The summed E-state index contributed by atoms with van der Waals surface area (Å²) in [6.45, 7) is 4.32. The summed E-state index contributed by atoms with van der Waals surface area (Å²) < 4.78 is 25.5. The highest BCUT2D eigenvalue weighted by molar-refractivity contribution is 7.89. The number of nitrogens with one attached hydrogen (secondary N) is 2. The molecule has 1 aromatic rings. The molecule has 0 amide bonds. The Bertz CT molecular complexity index is 500. The Kier molecular flexibility index (Phi) is 6.61. The summed E-state index contributed by atoms with van der Waals surface area (Å²) in [7, 11) is -1.97. The van der Waals surface area contributed by atoms with Gasteiger partial charge in [-0.25, -0.2) is 13.1 Å². The van der Waals surface area contributed by atoms with Crippen molar-refractivity contribution in [2.24, 2.45) is 0 Å². The van der Waals surface area contributed by atoms with Crippen LogP contribution in [-0.2, 0) is 10.0 Å². The SMILES string of the molecule is CNS(=O)(=O)c1ccc(C(C)NC(C)CCCO)cc1. The maximum Gasteiger partial charge on any atom is 0.240 e. The van der Waals surface area contributed by atoms with E-state index in [9.17, 15) is 8.42 Å². The average molecular weight is 300 g/mol. The second-order valence-electron chi connectivity index (χ2n) is 4.93. The van der Waals surface area contributed by atoms with Crippen LogP contribution in [0.15, 0.2) is 29.2 Å². The van der Waals surface area contributed by atoms with Crippen LogP contribution in [0.2, 0.25) is 0 Å². The maximum atomic E-state index is 11.6. The molecule has 0 aromatic heterocycles. The van der Waals surface area contributed by atoms with Gasteiger partial charge in [0.1, 0.15) is 0 Å². The quantitative estimate of drug-likeness (QED) is 0.678. The van der Waals surface area contributed by atoms with Crippen LogP contribution in [0.5, 0.6) is 0 Å². The van der Waals surface area contributed by atoms with Crippen LogP contribution in [0.1, 0.15) is 38.3 Å². The van der Waals surface area contributed by atoms with E-state index < -0.39 is 10.0 Å². The Morgan fingerprint density at radius 2 is 1.80 bits per heavy atom. The molecule has 114 valence electrons. The Labute approximate surface area is 121 Å². The third kappa shape index (κ3) is 4.86. The second-order valence-corrected chi connectivity index (χ2v) is 6.82. The molecule has 0 aliphatic rings. The molecule has 1 rings (SSSR count). The van der Waals surface area contributed by atoms with Crippen LogP contribution in [0.3, 0.4) is 0 Å². The largest absolute Gasteiger partial charge is 0.396 e. The van der Waals surface area contributed by atoms with Gasteiger partial charge in [-0.2, -0.15) is 0 Å². The van der Waals surface area contributed by atoms with Crippen LogP contribution in [0.25, 0.3) is 0 Å². The van der Waals surface area contributed by atoms with Gasteiger partial charge in [-0.3, -0.25) is 0 Å². The number of sulfonamides is 1. The van der Waals surface area contributed by atoms with E-state index in [-0.39, 0.29) is 17.5 Å². The maximum absolute atomic E-state index is 11.6. The molecule has 0 aliphatic carbocycles. The van der Waals surface area contributed by atoms with E-state index in [4.69, 9.17) is 5.11 Å². The minimum absolute atomic E-state index is 0.134. The molecule has 0 bridgehead atoms. The molecule has 0 saturated carbocycles. The van der Waals surface area contributed by atoms with E-state index in [1.807, 2.05) is 19.1 Å². The lowest BCUT2D eigenvalue weighted by molar-refractivity contribution is 0.274. The molecule has 0 saturated heterocycles. The van der Waals surface area contributed by atoms with Gasteiger partial charge in [0, 0.05) is 18.7 Å². The standard InChI is InChI=1S/C14H24N2O3S/c1-11(5-4-10-17)16-12(2)13-6-8-14(9-7-13)20(18,19)15-3/h6-9,11-12,15-17H,4-5,10H2,1-3H3. The van der Waals surface area contributed by atoms with Crippen LogP contribution in [0.4, 0.5) is 0 Å². The first-order valence-corrected chi connectivity index (χ1v) is 8.29. The highest BCUT2D eigenvalue weighted by Crippen LogP contribution is 2.17. The molecule has 2 unspecified atom stereocenters. The minimum atomic E-state index is -3.37. The van der Waals surface area contributed by atoms with E-state index in [1.54, 1.807) is 12.1 Å². The number of rotatable bonds is 8. The molecular weight excluding hydrogens is 276 g/mol. The van der Waals surface area contributed by atoms with E-state index in [2.05, 4.69) is 17.0 Å². The smallest absolute Gasteiger partial charge is 0.240 e. The van der Waals surface area contributed by atoms with Crippen molar-refractivity contribution in [3.63, 3.8) is 0 Å². The van der Waals surface area contributed by atoms with Gasteiger partial charge in [0.25, 0.3) is 0 Å². The van der Waals surface area contributed by atoms with Crippen LogP contribution in [0, 0.1) is 0 Å². The molecule has 0 spiro atoms. The predicted octanol–water partition coefficient (Wildman–Crippen LogP) is 1.41. The summed E-state index contributed by atoms with van der Waals surface area (Å²) in [5.74, 6) is 0. The molecule has 0 fully saturated rings. The Hall–Kier alpha value is -0.950. The van der Waals surface area contributed by atoms with Crippen LogP contribution < -0.4 is 10.0 Å². The van der Waals surface area contributed by atoms with Gasteiger partial charge in [0.05, 0.1) is 4.90 Å². The highest BCUT2D eigenvalue weighted by atomic mass is 32.2. The summed E-state index contributed by atoms with van der Waals surface area (Å²) in [6.07, 6.45) is 1.69. The number of hydrogen-bond donors (Lipinski definition) is 3. The van der Waals surface area contributed by atoms with Crippen molar-refractivity contribution < 1.29 is 13.5 Å². The van der Waals surface area contributed by atoms with Gasteiger partial charge in [-0.05, 0) is 51.4 Å². The first-order valence-electron chi connectivity index (χ1n) is 6.81. The van der Waals surface area contributed by atoms with E-state index >= 15 is 0 Å². The van der Waals surface area contributed by atoms with Crippen molar-refractivity contribution >= 4 is 10.0 Å². The first-order chi connectivity index (χ1) is 9.40. The fourth-order valence-electron chi connectivity index (χ4n) is 2.06. The van der Waals surface area contributed by atoms with Crippen molar-refractivity contribution in [1.82, 2.24) is 10.0 Å². The van der Waals surface area contributed by atoms with Gasteiger partial charge in [-0.1, -0.05) is 12.1 Å². The van der Waals surface area contributed by atoms with Gasteiger partial charge in [-0.15, -0.1) is 0 Å². The van der Waals surface area contributed by atoms with Crippen molar-refractivity contribution in [3.8, 4) is 0 Å². The lowest BCUT2D eigenvalue weighted by Crippen LogP contribution is -2.29. The molecule has 2 atom stereocenters. The molecule has 1 aromatic carbocycles. The van der Waals surface area contributed by atoms with Gasteiger partial charge >= 0.3 is 0 Å². The Morgan fingerprint density at radius 1 is 1.20 bits per heavy atom. The molecule has 0 heterocycles. The lowest BCUT2D eigenvalue weighted by Gasteiger charge is -2.20. The summed E-state index contributed by atoms with van der Waals surface area (Å²) in [6, 6.07) is 7.30. The van der Waals surface area contributed by atoms with Crippen molar-refractivity contribution in [2.45, 2.75) is 43.7 Å². The van der Waals surface area contributed by atoms with Crippen molar-refractivity contribution in [3.05, 3.63) is 29.8 Å². The summed E-state index contributed by atoms with van der Waals surface area (Å²) in [5, 5.41) is 12.2. The third-order valence-electron chi connectivity index (χ3n) is 3.29. The monoisotopic (exact) mass is 300 g/mol. The van der Waals surface area contributed by atoms with E-state index in [1.165, 1.54) is 7.05 Å². The lowest BCUT2D eigenvalue weighted by atomic mass is 10.1. The zero-order chi connectivity index (χ0) is 15.2. The molecular formula is C14H24N2O3S. The van der Waals surface area contributed by atoms with Crippen LogP contribution in [-0.4, -0.2) is 33.2 Å². The Balaban J connectivity index is 2.69. The molecule has 3 N–H and O–H groups in total. The molecule has 5 nitrogen and oxygen atoms in total. The zero-order valence-electron chi connectivity index (χ0n) is 12.3. The predicted molar refractivity (Wildman–Crippen MR) is 80.0 cm³/mol. The summed E-state index contributed by atoms with van der Waals surface area (Å²) in [5.41, 5.74) is 1.04. The van der Waals surface area contributed by atoms with Gasteiger partial charge in [0.2, 0.25) is 10.0 Å². The topological polar surface area (TPSA) is 78.4 Å². The first kappa shape index (κ1) is 17.1. The fourth-order valence-corrected chi connectivity index (χ4v) is 2.79. The summed E-state index contributed by atoms with van der Waals surface area (Å²) >= 11 is 0. The molecule has 20 heavy (non-hydrogen) atoms. The number of aliphatic hydroxyl groups excluding tert-OH is 1. The third-order valence-corrected chi connectivity index (χ3v) is 4.72. The average Bonchev–Trinajstić information content (AvgIpc) is 2.45. The second kappa shape index (κ2) is 7.73. The number of hydrogen-bond acceptors (Lipinski definition) is 4. The Morgan fingerprint density at radius 3 is 2.30 bits per heavy atom. The van der Waals surface area contributed by atoms with E-state index in [0.717, 1.165) is 18.4 Å². The highest BCUT2D eigenvalue weighted by Gasteiger charge is 2.13. The minimum Gasteiger partial charge on any atom is -0.396 e. The molecule has 0 aliphatic heterocycles. The zero-order valence-corrected chi connectivity index (χ0v) is 13.1. The van der Waals surface area contributed by atoms with E-state index in [0.29, 0.717) is 6.04 Å².